The number of carbonyl (C=O) groups is 1. The summed E-state index contributed by atoms with van der Waals surface area (Å²) in [6, 6.07) is 8.73. The normalized spacial score (nSPS) is 21.2. The number of aromatic nitrogens is 2. The number of piperidine rings is 1. The van der Waals surface area contributed by atoms with Crippen molar-refractivity contribution in [2.24, 2.45) is 0 Å². The van der Waals surface area contributed by atoms with Gasteiger partial charge in [-0.3, -0.25) is 9.69 Å². The van der Waals surface area contributed by atoms with Crippen LogP contribution in [0, 0.1) is 0 Å². The molecule has 2 atom stereocenters. The third-order valence-electron chi connectivity index (χ3n) is 4.16. The van der Waals surface area contributed by atoms with Crippen LogP contribution >= 0.6 is 0 Å². The number of methoxy groups -OCH3 is 1. The molecule has 2 aromatic rings. The topological polar surface area (TPSA) is 101 Å². The molecule has 0 unspecified atom stereocenters. The van der Waals surface area contributed by atoms with Gasteiger partial charge in [-0.25, -0.2) is 0 Å². The Morgan fingerprint density at radius 1 is 1.44 bits per heavy atom. The van der Waals surface area contributed by atoms with Crippen LogP contribution < -0.4 is 5.32 Å². The van der Waals surface area contributed by atoms with Gasteiger partial charge in [-0.2, -0.15) is 4.98 Å². The molecule has 0 aliphatic carbocycles. The third kappa shape index (κ3) is 4.62. The molecular formula is C17H22N4O4. The lowest BCUT2D eigenvalue weighted by molar-refractivity contribution is 0.0313. The fourth-order valence-electron chi connectivity index (χ4n) is 2.88. The largest absolute Gasteiger partial charge is 0.390 e. The number of amides is 1. The standard InChI is InChI=1S/C17H22N4O4/c1-24-11-15-19-16(25-20-15)10-21-8-7-13(14(22)9-21)18-17(23)12-5-3-2-4-6-12/h2-6,13-14,22H,7-11H2,1H3,(H,18,23)/t13-,14-/m0/s1. The van der Waals surface area contributed by atoms with Gasteiger partial charge in [0.05, 0.1) is 18.7 Å². The fraction of sp³-hybridized carbons (Fsp3) is 0.471. The van der Waals surface area contributed by atoms with Crippen LogP contribution in [0.3, 0.4) is 0 Å². The van der Waals surface area contributed by atoms with Gasteiger partial charge in [0.2, 0.25) is 5.89 Å². The van der Waals surface area contributed by atoms with Gasteiger partial charge in [-0.1, -0.05) is 23.4 Å². The summed E-state index contributed by atoms with van der Waals surface area (Å²) in [5, 5.41) is 17.1. The molecule has 2 N–H and O–H groups in total. The number of hydrogen-bond acceptors (Lipinski definition) is 7. The lowest BCUT2D eigenvalue weighted by atomic mass is 10.0. The number of ether oxygens (including phenoxy) is 1. The lowest BCUT2D eigenvalue weighted by Crippen LogP contribution is -2.53. The van der Waals surface area contributed by atoms with Crippen LogP contribution in [-0.4, -0.2) is 58.4 Å². The quantitative estimate of drug-likeness (QED) is 0.789. The van der Waals surface area contributed by atoms with Gasteiger partial charge >= 0.3 is 0 Å². The van der Waals surface area contributed by atoms with E-state index in [0.717, 1.165) is 6.54 Å². The molecule has 1 aliphatic rings. The molecule has 1 fully saturated rings. The van der Waals surface area contributed by atoms with Gasteiger partial charge in [0.15, 0.2) is 5.82 Å². The van der Waals surface area contributed by atoms with Gasteiger partial charge in [0.25, 0.3) is 5.91 Å². The molecule has 8 nitrogen and oxygen atoms in total. The predicted molar refractivity (Wildman–Crippen MR) is 88.6 cm³/mol. The van der Waals surface area contributed by atoms with Crippen molar-refractivity contribution < 1.29 is 19.2 Å². The summed E-state index contributed by atoms with van der Waals surface area (Å²) in [6.45, 7) is 1.92. The van der Waals surface area contributed by atoms with Crippen LogP contribution in [0.4, 0.5) is 0 Å². The average Bonchev–Trinajstić information content (AvgIpc) is 3.05. The van der Waals surface area contributed by atoms with Crippen molar-refractivity contribution in [2.75, 3.05) is 20.2 Å². The van der Waals surface area contributed by atoms with Crippen molar-refractivity contribution in [1.29, 1.82) is 0 Å². The number of hydrogen-bond donors (Lipinski definition) is 2. The minimum absolute atomic E-state index is 0.167. The number of benzene rings is 1. The maximum Gasteiger partial charge on any atom is 0.251 e. The summed E-state index contributed by atoms with van der Waals surface area (Å²) in [5.41, 5.74) is 0.591. The van der Waals surface area contributed by atoms with E-state index in [2.05, 4.69) is 15.5 Å². The van der Waals surface area contributed by atoms with Crippen molar-refractivity contribution in [3.8, 4) is 0 Å². The first kappa shape index (κ1) is 17.5. The molecular weight excluding hydrogens is 324 g/mol. The summed E-state index contributed by atoms with van der Waals surface area (Å²) in [4.78, 5) is 18.5. The highest BCUT2D eigenvalue weighted by Crippen LogP contribution is 2.15. The summed E-state index contributed by atoms with van der Waals surface area (Å²) in [6.07, 6.45) is 0.00139. The van der Waals surface area contributed by atoms with E-state index in [1.165, 1.54) is 0 Å². The number of carbonyl (C=O) groups excluding carboxylic acids is 1. The SMILES string of the molecule is COCc1noc(CN2CC[C@H](NC(=O)c3ccccc3)[C@@H](O)C2)n1. The van der Waals surface area contributed by atoms with Crippen LogP contribution in [0.2, 0.25) is 0 Å². The monoisotopic (exact) mass is 346 g/mol. The maximum absolute atomic E-state index is 12.2. The minimum Gasteiger partial charge on any atom is -0.390 e. The zero-order chi connectivity index (χ0) is 17.6. The summed E-state index contributed by atoms with van der Waals surface area (Å²) >= 11 is 0. The van der Waals surface area contributed by atoms with Crippen molar-refractivity contribution in [2.45, 2.75) is 31.7 Å². The first-order valence-corrected chi connectivity index (χ1v) is 8.22. The Morgan fingerprint density at radius 3 is 2.96 bits per heavy atom. The second-order valence-corrected chi connectivity index (χ2v) is 6.07. The Labute approximate surface area is 145 Å². The van der Waals surface area contributed by atoms with Crippen LogP contribution in [0.5, 0.6) is 0 Å². The van der Waals surface area contributed by atoms with Gasteiger partial charge in [0, 0.05) is 25.8 Å². The third-order valence-corrected chi connectivity index (χ3v) is 4.16. The predicted octanol–water partition coefficient (Wildman–Crippen LogP) is 0.581. The Hall–Kier alpha value is -2.29. The van der Waals surface area contributed by atoms with E-state index < -0.39 is 6.10 Å². The molecule has 0 bridgehead atoms. The van der Waals surface area contributed by atoms with Crippen LogP contribution in [0.15, 0.2) is 34.9 Å². The van der Waals surface area contributed by atoms with E-state index in [1.54, 1.807) is 19.2 Å². The summed E-state index contributed by atoms with van der Waals surface area (Å²) in [7, 11) is 1.57. The lowest BCUT2D eigenvalue weighted by Gasteiger charge is -2.35. The van der Waals surface area contributed by atoms with Crippen molar-refractivity contribution in [3.05, 3.63) is 47.6 Å². The van der Waals surface area contributed by atoms with Gasteiger partial charge in [0.1, 0.15) is 6.61 Å². The van der Waals surface area contributed by atoms with Gasteiger partial charge < -0.3 is 19.7 Å². The molecule has 0 spiro atoms. The Morgan fingerprint density at radius 2 is 2.24 bits per heavy atom. The molecule has 1 amide bonds. The summed E-state index contributed by atoms with van der Waals surface area (Å²) in [5.74, 6) is 0.827. The van der Waals surface area contributed by atoms with E-state index in [1.807, 2.05) is 23.1 Å². The van der Waals surface area contributed by atoms with Crippen LogP contribution in [0.1, 0.15) is 28.5 Å². The molecule has 1 aromatic heterocycles. The van der Waals surface area contributed by atoms with Crippen molar-refractivity contribution >= 4 is 5.91 Å². The highest BCUT2D eigenvalue weighted by Gasteiger charge is 2.29. The number of rotatable bonds is 6. The number of aliphatic hydroxyl groups is 1. The Kier molecular flexibility index (Phi) is 5.75. The Balaban J connectivity index is 1.51. The number of nitrogens with one attached hydrogen (secondary N) is 1. The second kappa shape index (κ2) is 8.19. The zero-order valence-electron chi connectivity index (χ0n) is 14.1. The minimum atomic E-state index is -0.650. The van der Waals surface area contributed by atoms with Crippen LogP contribution in [0.25, 0.3) is 0 Å². The number of likely N-dealkylation sites (tertiary alicyclic amines) is 1. The molecule has 8 heteroatoms. The summed E-state index contributed by atoms with van der Waals surface area (Å²) < 4.78 is 10.1. The first-order chi connectivity index (χ1) is 12.2. The van der Waals surface area contributed by atoms with Crippen molar-refractivity contribution in [3.63, 3.8) is 0 Å². The van der Waals surface area contributed by atoms with E-state index in [0.29, 0.717) is 43.4 Å². The van der Waals surface area contributed by atoms with E-state index in [9.17, 15) is 9.90 Å². The maximum atomic E-state index is 12.2. The highest BCUT2D eigenvalue weighted by atomic mass is 16.5. The molecule has 1 aromatic carbocycles. The van der Waals surface area contributed by atoms with Gasteiger partial charge in [-0.05, 0) is 18.6 Å². The molecule has 1 saturated heterocycles. The Bertz CT molecular complexity index is 691. The first-order valence-electron chi connectivity index (χ1n) is 8.22. The van der Waals surface area contributed by atoms with Crippen LogP contribution in [-0.2, 0) is 17.9 Å². The van der Waals surface area contributed by atoms with E-state index >= 15 is 0 Å². The van der Waals surface area contributed by atoms with E-state index in [4.69, 9.17) is 9.26 Å². The molecule has 0 saturated carbocycles. The smallest absolute Gasteiger partial charge is 0.251 e. The fourth-order valence-corrected chi connectivity index (χ4v) is 2.88. The number of β-amino-alcohol motifs (C(OH)–C–C–N with tert-alkyl or cyclic N) is 1. The molecule has 25 heavy (non-hydrogen) atoms. The molecule has 134 valence electrons. The number of aliphatic hydroxyl groups excluding tert-OH is 1. The highest BCUT2D eigenvalue weighted by molar-refractivity contribution is 5.94. The molecule has 2 heterocycles. The van der Waals surface area contributed by atoms with E-state index in [-0.39, 0.29) is 11.9 Å². The number of nitrogens with zero attached hydrogens (tertiary/aromatic N) is 3. The zero-order valence-corrected chi connectivity index (χ0v) is 14.1. The van der Waals surface area contributed by atoms with Gasteiger partial charge in [-0.15, -0.1) is 0 Å². The molecule has 0 radical (unpaired) electrons. The molecule has 1 aliphatic heterocycles. The molecule has 3 rings (SSSR count). The average molecular weight is 346 g/mol. The van der Waals surface area contributed by atoms with Crippen molar-refractivity contribution in [1.82, 2.24) is 20.4 Å². The second-order valence-electron chi connectivity index (χ2n) is 6.07.